The zero-order valence-electron chi connectivity index (χ0n) is 12.4. The Labute approximate surface area is 121 Å². The number of hydrogen-bond donors (Lipinski definition) is 2. The predicted molar refractivity (Wildman–Crippen MR) is 79.8 cm³/mol. The molecule has 4 heteroatoms. The van der Waals surface area contributed by atoms with E-state index in [0.717, 1.165) is 31.4 Å². The van der Waals surface area contributed by atoms with Crippen LogP contribution in [0.3, 0.4) is 0 Å². The maximum absolute atomic E-state index is 11.9. The van der Waals surface area contributed by atoms with E-state index >= 15 is 0 Å². The summed E-state index contributed by atoms with van der Waals surface area (Å²) >= 11 is 0. The van der Waals surface area contributed by atoms with Gasteiger partial charge in [-0.2, -0.15) is 0 Å². The third kappa shape index (κ3) is 6.06. The first-order valence-electron chi connectivity index (χ1n) is 7.35. The number of nitrogens with one attached hydrogen (secondary N) is 1. The third-order valence-corrected chi connectivity index (χ3v) is 3.12. The zero-order valence-corrected chi connectivity index (χ0v) is 12.4. The second-order valence-electron chi connectivity index (χ2n) is 4.84. The molecule has 0 fully saturated rings. The number of rotatable bonds is 9. The van der Waals surface area contributed by atoms with Crippen LogP contribution >= 0.6 is 0 Å². The Bertz CT molecular complexity index is 389. The summed E-state index contributed by atoms with van der Waals surface area (Å²) in [7, 11) is 0. The van der Waals surface area contributed by atoms with Gasteiger partial charge in [-0.1, -0.05) is 31.9 Å². The van der Waals surface area contributed by atoms with Crippen LogP contribution in [0.15, 0.2) is 24.3 Å². The molecule has 2 N–H and O–H groups in total. The van der Waals surface area contributed by atoms with Crippen LogP contribution in [0, 0.1) is 0 Å². The molecule has 0 bridgehead atoms. The van der Waals surface area contributed by atoms with Gasteiger partial charge in [-0.05, 0) is 44.0 Å². The molecule has 0 aliphatic heterocycles. The molecule has 1 aromatic carbocycles. The molecule has 1 unspecified atom stereocenters. The van der Waals surface area contributed by atoms with Crippen LogP contribution in [0.4, 0.5) is 0 Å². The van der Waals surface area contributed by atoms with Crippen molar-refractivity contribution in [3.05, 3.63) is 29.8 Å². The van der Waals surface area contributed by atoms with Crippen molar-refractivity contribution in [2.24, 2.45) is 0 Å². The van der Waals surface area contributed by atoms with Gasteiger partial charge in [0.2, 0.25) is 0 Å². The Balaban J connectivity index is 2.56. The summed E-state index contributed by atoms with van der Waals surface area (Å²) < 4.78 is 5.11. The summed E-state index contributed by atoms with van der Waals surface area (Å²) in [5.74, 6) is 0.0226. The number of aromatic hydroxyl groups is 1. The molecule has 20 heavy (non-hydrogen) atoms. The van der Waals surface area contributed by atoms with E-state index in [-0.39, 0.29) is 17.8 Å². The number of hydrogen-bond acceptors (Lipinski definition) is 4. The maximum Gasteiger partial charge on any atom is 0.323 e. The number of unbranched alkanes of at least 4 members (excludes halogenated alkanes) is 2. The van der Waals surface area contributed by atoms with Gasteiger partial charge in [-0.25, -0.2) is 0 Å². The fourth-order valence-electron chi connectivity index (χ4n) is 2.00. The number of phenolic OH excluding ortho intramolecular Hbond substituents is 1. The van der Waals surface area contributed by atoms with Crippen LogP contribution in [-0.2, 0) is 16.0 Å². The maximum atomic E-state index is 11.9. The van der Waals surface area contributed by atoms with Crippen LogP contribution in [0.1, 0.15) is 38.7 Å². The molecule has 1 rings (SSSR count). The second-order valence-corrected chi connectivity index (χ2v) is 4.84. The van der Waals surface area contributed by atoms with Gasteiger partial charge in [0.15, 0.2) is 0 Å². The van der Waals surface area contributed by atoms with Crippen molar-refractivity contribution in [2.75, 3.05) is 13.2 Å². The quantitative estimate of drug-likeness (QED) is 0.539. The molecule has 0 aliphatic rings. The van der Waals surface area contributed by atoms with Crippen LogP contribution in [-0.4, -0.2) is 30.3 Å². The molecule has 0 heterocycles. The van der Waals surface area contributed by atoms with Crippen LogP contribution in [0.2, 0.25) is 0 Å². The van der Waals surface area contributed by atoms with E-state index in [4.69, 9.17) is 4.74 Å². The number of benzene rings is 1. The molecule has 0 aliphatic carbocycles. The molecule has 0 spiro atoms. The van der Waals surface area contributed by atoms with Gasteiger partial charge in [0.25, 0.3) is 0 Å². The Kier molecular flexibility index (Phi) is 7.73. The molecular weight excluding hydrogens is 254 g/mol. The van der Waals surface area contributed by atoms with Crippen LogP contribution in [0.5, 0.6) is 5.75 Å². The van der Waals surface area contributed by atoms with E-state index in [1.807, 2.05) is 19.1 Å². The minimum atomic E-state index is -0.323. The van der Waals surface area contributed by atoms with Crippen molar-refractivity contribution in [1.29, 1.82) is 0 Å². The van der Waals surface area contributed by atoms with Gasteiger partial charge >= 0.3 is 5.97 Å². The predicted octanol–water partition coefficient (Wildman–Crippen LogP) is 2.65. The Morgan fingerprint density at radius 2 is 1.95 bits per heavy atom. The highest BCUT2D eigenvalue weighted by atomic mass is 16.5. The van der Waals surface area contributed by atoms with E-state index in [9.17, 15) is 9.90 Å². The molecule has 1 atom stereocenters. The van der Waals surface area contributed by atoms with Crippen molar-refractivity contribution >= 4 is 5.97 Å². The van der Waals surface area contributed by atoms with Crippen molar-refractivity contribution in [1.82, 2.24) is 5.32 Å². The lowest BCUT2D eigenvalue weighted by molar-refractivity contribution is -0.145. The average Bonchev–Trinajstić information content (AvgIpc) is 2.44. The van der Waals surface area contributed by atoms with Crippen molar-refractivity contribution < 1.29 is 14.6 Å². The summed E-state index contributed by atoms with van der Waals surface area (Å²) in [6, 6.07) is 6.60. The number of esters is 1. The van der Waals surface area contributed by atoms with E-state index < -0.39 is 0 Å². The topological polar surface area (TPSA) is 58.6 Å². The number of carbonyl (C=O) groups excluding carboxylic acids is 1. The van der Waals surface area contributed by atoms with Crippen LogP contribution < -0.4 is 5.32 Å². The first-order valence-corrected chi connectivity index (χ1v) is 7.35. The van der Waals surface area contributed by atoms with Gasteiger partial charge in [0.1, 0.15) is 11.8 Å². The van der Waals surface area contributed by atoms with E-state index in [0.29, 0.717) is 13.0 Å². The van der Waals surface area contributed by atoms with Gasteiger partial charge < -0.3 is 15.2 Å². The van der Waals surface area contributed by atoms with Gasteiger partial charge in [-0.3, -0.25) is 4.79 Å². The lowest BCUT2D eigenvalue weighted by atomic mass is 10.1. The average molecular weight is 279 g/mol. The summed E-state index contributed by atoms with van der Waals surface area (Å²) in [5, 5.41) is 12.5. The SMILES string of the molecule is CCCCCNC(Cc1ccc(O)cc1)C(=O)OCC. The number of carbonyl (C=O) groups is 1. The Morgan fingerprint density at radius 3 is 2.55 bits per heavy atom. The van der Waals surface area contributed by atoms with Crippen molar-refractivity contribution in [3.63, 3.8) is 0 Å². The molecule has 0 saturated carbocycles. The van der Waals surface area contributed by atoms with E-state index in [1.165, 1.54) is 0 Å². The van der Waals surface area contributed by atoms with Gasteiger partial charge in [0, 0.05) is 0 Å². The first-order chi connectivity index (χ1) is 9.67. The standard InChI is InChI=1S/C16H25NO3/c1-3-5-6-11-17-15(16(19)20-4-2)12-13-7-9-14(18)10-8-13/h7-10,15,17-18H,3-6,11-12H2,1-2H3. The molecule has 0 saturated heterocycles. The smallest absolute Gasteiger partial charge is 0.323 e. The Morgan fingerprint density at radius 1 is 1.25 bits per heavy atom. The number of ether oxygens (including phenoxy) is 1. The summed E-state index contributed by atoms with van der Waals surface area (Å²) in [6.45, 7) is 5.17. The minimum absolute atomic E-state index is 0.211. The lowest BCUT2D eigenvalue weighted by Crippen LogP contribution is -2.40. The fraction of sp³-hybridized carbons (Fsp3) is 0.562. The van der Waals surface area contributed by atoms with Crippen LogP contribution in [0.25, 0.3) is 0 Å². The highest BCUT2D eigenvalue weighted by Crippen LogP contribution is 2.12. The molecule has 0 amide bonds. The molecule has 0 radical (unpaired) electrons. The van der Waals surface area contributed by atoms with Gasteiger partial charge in [-0.15, -0.1) is 0 Å². The van der Waals surface area contributed by atoms with E-state index in [2.05, 4.69) is 12.2 Å². The molecular formula is C16H25NO3. The van der Waals surface area contributed by atoms with Crippen molar-refractivity contribution in [2.45, 2.75) is 45.6 Å². The molecule has 4 nitrogen and oxygen atoms in total. The summed E-state index contributed by atoms with van der Waals surface area (Å²) in [5.41, 5.74) is 1.00. The van der Waals surface area contributed by atoms with Gasteiger partial charge in [0.05, 0.1) is 6.61 Å². The normalized spacial score (nSPS) is 12.1. The third-order valence-electron chi connectivity index (χ3n) is 3.12. The molecule has 0 aromatic heterocycles. The Hall–Kier alpha value is -1.55. The van der Waals surface area contributed by atoms with Crippen molar-refractivity contribution in [3.8, 4) is 5.75 Å². The summed E-state index contributed by atoms with van der Waals surface area (Å²) in [4.78, 5) is 11.9. The zero-order chi connectivity index (χ0) is 14.8. The highest BCUT2D eigenvalue weighted by molar-refractivity contribution is 5.76. The first kappa shape index (κ1) is 16.5. The fourth-order valence-corrected chi connectivity index (χ4v) is 2.00. The van der Waals surface area contributed by atoms with E-state index in [1.54, 1.807) is 12.1 Å². The molecule has 1 aromatic rings. The molecule has 112 valence electrons. The lowest BCUT2D eigenvalue weighted by Gasteiger charge is -2.17. The highest BCUT2D eigenvalue weighted by Gasteiger charge is 2.19. The summed E-state index contributed by atoms with van der Waals surface area (Å²) in [6.07, 6.45) is 3.94. The number of phenols is 1. The monoisotopic (exact) mass is 279 g/mol. The largest absolute Gasteiger partial charge is 0.508 e. The second kappa shape index (κ2) is 9.37. The minimum Gasteiger partial charge on any atom is -0.508 e.